The number of carbonyl (C=O) groups excluding carboxylic acids is 1. The third-order valence-corrected chi connectivity index (χ3v) is 4.37. The van der Waals surface area contributed by atoms with Gasteiger partial charge in [0.25, 0.3) is 5.91 Å². The van der Waals surface area contributed by atoms with Crippen molar-refractivity contribution in [3.05, 3.63) is 71.7 Å². The van der Waals surface area contributed by atoms with E-state index in [1.165, 1.54) is 11.0 Å². The van der Waals surface area contributed by atoms with Gasteiger partial charge >= 0.3 is 0 Å². The van der Waals surface area contributed by atoms with Crippen molar-refractivity contribution in [1.29, 1.82) is 0 Å². The van der Waals surface area contributed by atoms with Crippen LogP contribution in [0.25, 0.3) is 22.2 Å². The fourth-order valence-electron chi connectivity index (χ4n) is 2.93. The van der Waals surface area contributed by atoms with Gasteiger partial charge in [0, 0.05) is 42.0 Å². The van der Waals surface area contributed by atoms with Gasteiger partial charge in [0.15, 0.2) is 22.9 Å². The van der Waals surface area contributed by atoms with Crippen LogP contribution in [0.5, 0.6) is 0 Å². The van der Waals surface area contributed by atoms with E-state index in [-0.39, 0.29) is 23.8 Å². The Morgan fingerprint density at radius 2 is 2.11 bits per heavy atom. The maximum atomic E-state index is 13.9. The van der Waals surface area contributed by atoms with Gasteiger partial charge in [-0.25, -0.2) is 4.39 Å². The summed E-state index contributed by atoms with van der Waals surface area (Å²) in [4.78, 5) is 18.3. The number of halogens is 1. The Labute approximate surface area is 154 Å². The molecule has 0 unspecified atom stereocenters. The Hall–Kier alpha value is -3.48. The van der Waals surface area contributed by atoms with Crippen LogP contribution in [0.3, 0.4) is 0 Å². The van der Waals surface area contributed by atoms with Gasteiger partial charge in [0.2, 0.25) is 0 Å². The molecule has 0 aliphatic carbocycles. The van der Waals surface area contributed by atoms with Crippen molar-refractivity contribution in [2.45, 2.75) is 13.5 Å². The third-order valence-electron chi connectivity index (χ3n) is 4.37. The monoisotopic (exact) mass is 365 g/mol. The predicted molar refractivity (Wildman–Crippen MR) is 96.4 cm³/mol. The average Bonchev–Trinajstić information content (AvgIpc) is 3.28. The minimum absolute atomic E-state index is 0.0882. The normalized spacial score (nSPS) is 11.1. The fraction of sp³-hybridized carbons (Fsp3) is 0.150. The lowest BCUT2D eigenvalue weighted by atomic mass is 10.1. The maximum absolute atomic E-state index is 13.9. The van der Waals surface area contributed by atoms with E-state index in [1.54, 1.807) is 44.6 Å². The van der Waals surface area contributed by atoms with E-state index in [4.69, 9.17) is 8.94 Å². The first kappa shape index (κ1) is 17.0. The van der Waals surface area contributed by atoms with Gasteiger partial charge in [-0.1, -0.05) is 17.3 Å². The Morgan fingerprint density at radius 1 is 1.26 bits per heavy atom. The van der Waals surface area contributed by atoms with E-state index >= 15 is 0 Å². The number of carbonyl (C=O) groups is 1. The number of furan rings is 1. The lowest BCUT2D eigenvalue weighted by molar-refractivity contribution is 0.0742. The first-order valence-corrected chi connectivity index (χ1v) is 8.33. The SMILES string of the molecule is Cc1c(C(=O)N(C)Cc2cc(-c3cccnc3)no2)oc2c(F)cccc12. The summed E-state index contributed by atoms with van der Waals surface area (Å²) >= 11 is 0. The summed E-state index contributed by atoms with van der Waals surface area (Å²) in [6, 6.07) is 10.1. The van der Waals surface area contributed by atoms with Gasteiger partial charge < -0.3 is 13.8 Å². The minimum atomic E-state index is -0.492. The van der Waals surface area contributed by atoms with Crippen LogP contribution >= 0.6 is 0 Å². The predicted octanol–water partition coefficient (Wildman–Crippen LogP) is 4.20. The van der Waals surface area contributed by atoms with Crippen molar-refractivity contribution in [3.63, 3.8) is 0 Å². The molecule has 7 heteroatoms. The number of pyridine rings is 1. The van der Waals surface area contributed by atoms with E-state index in [2.05, 4.69) is 10.1 Å². The van der Waals surface area contributed by atoms with E-state index in [9.17, 15) is 9.18 Å². The van der Waals surface area contributed by atoms with Gasteiger partial charge in [-0.05, 0) is 25.1 Å². The largest absolute Gasteiger partial charge is 0.448 e. The number of nitrogens with zero attached hydrogens (tertiary/aromatic N) is 3. The van der Waals surface area contributed by atoms with Gasteiger partial charge in [0.05, 0.1) is 6.54 Å². The zero-order valence-corrected chi connectivity index (χ0v) is 14.8. The van der Waals surface area contributed by atoms with Gasteiger partial charge in [0.1, 0.15) is 5.69 Å². The Bertz CT molecular complexity index is 1120. The van der Waals surface area contributed by atoms with Crippen LogP contribution in [0.2, 0.25) is 0 Å². The molecule has 0 saturated heterocycles. The van der Waals surface area contributed by atoms with E-state index in [1.807, 2.05) is 12.1 Å². The highest BCUT2D eigenvalue weighted by Gasteiger charge is 2.23. The quantitative estimate of drug-likeness (QED) is 0.542. The van der Waals surface area contributed by atoms with Gasteiger partial charge in [-0.15, -0.1) is 0 Å². The Kier molecular flexibility index (Phi) is 4.19. The van der Waals surface area contributed by atoms with E-state index in [0.29, 0.717) is 22.4 Å². The molecule has 0 N–H and O–H groups in total. The topological polar surface area (TPSA) is 72.4 Å². The minimum Gasteiger partial charge on any atom is -0.448 e. The number of hydrogen-bond donors (Lipinski definition) is 0. The zero-order chi connectivity index (χ0) is 19.0. The number of benzene rings is 1. The lowest BCUT2D eigenvalue weighted by Crippen LogP contribution is -2.26. The fourth-order valence-corrected chi connectivity index (χ4v) is 2.93. The summed E-state index contributed by atoms with van der Waals surface area (Å²) in [6.45, 7) is 1.94. The highest BCUT2D eigenvalue weighted by molar-refractivity contribution is 5.98. The second kappa shape index (κ2) is 6.68. The van der Waals surface area contributed by atoms with E-state index < -0.39 is 5.82 Å². The molecule has 6 nitrogen and oxygen atoms in total. The van der Waals surface area contributed by atoms with Crippen LogP contribution in [0, 0.1) is 12.7 Å². The van der Waals surface area contributed by atoms with Crippen molar-refractivity contribution >= 4 is 16.9 Å². The van der Waals surface area contributed by atoms with E-state index in [0.717, 1.165) is 5.56 Å². The molecular weight excluding hydrogens is 349 g/mol. The summed E-state index contributed by atoms with van der Waals surface area (Å²) in [5, 5.41) is 4.60. The lowest BCUT2D eigenvalue weighted by Gasteiger charge is -2.13. The molecule has 3 heterocycles. The van der Waals surface area contributed by atoms with Crippen molar-refractivity contribution in [2.75, 3.05) is 7.05 Å². The molecule has 0 fully saturated rings. The Morgan fingerprint density at radius 3 is 2.85 bits per heavy atom. The molecule has 4 aromatic rings. The molecule has 27 heavy (non-hydrogen) atoms. The van der Waals surface area contributed by atoms with Crippen LogP contribution in [0.15, 0.2) is 57.7 Å². The molecular formula is C20H16FN3O3. The summed E-state index contributed by atoms with van der Waals surface area (Å²) < 4.78 is 24.7. The first-order chi connectivity index (χ1) is 13.0. The number of hydrogen-bond acceptors (Lipinski definition) is 5. The number of rotatable bonds is 4. The molecule has 0 saturated carbocycles. The highest BCUT2D eigenvalue weighted by atomic mass is 19.1. The molecule has 0 spiro atoms. The molecule has 0 bridgehead atoms. The van der Waals surface area contributed by atoms with Gasteiger partial charge in [-0.2, -0.15) is 0 Å². The van der Waals surface area contributed by atoms with Crippen molar-refractivity contribution in [1.82, 2.24) is 15.0 Å². The molecule has 0 atom stereocenters. The van der Waals surface area contributed by atoms with Crippen LogP contribution in [0.1, 0.15) is 21.9 Å². The van der Waals surface area contributed by atoms with Crippen LogP contribution in [0.4, 0.5) is 4.39 Å². The van der Waals surface area contributed by atoms with Crippen LogP contribution < -0.4 is 0 Å². The number of para-hydroxylation sites is 1. The molecule has 1 amide bonds. The van der Waals surface area contributed by atoms with Crippen LogP contribution in [-0.4, -0.2) is 28.0 Å². The smallest absolute Gasteiger partial charge is 0.290 e. The first-order valence-electron chi connectivity index (χ1n) is 8.33. The molecule has 1 aromatic carbocycles. The zero-order valence-electron chi connectivity index (χ0n) is 14.8. The van der Waals surface area contributed by atoms with Crippen molar-refractivity contribution in [2.24, 2.45) is 0 Å². The Balaban J connectivity index is 1.56. The van der Waals surface area contributed by atoms with Gasteiger partial charge in [-0.3, -0.25) is 9.78 Å². The number of aromatic nitrogens is 2. The third kappa shape index (κ3) is 3.08. The summed E-state index contributed by atoms with van der Waals surface area (Å²) in [5.41, 5.74) is 2.16. The molecule has 0 aliphatic heterocycles. The molecule has 4 rings (SSSR count). The number of aryl methyl sites for hydroxylation is 1. The molecule has 3 aromatic heterocycles. The van der Waals surface area contributed by atoms with Crippen molar-refractivity contribution < 1.29 is 18.1 Å². The standard InChI is InChI=1S/C20H16FN3O3/c1-12-15-6-3-7-16(21)19(15)26-18(12)20(25)24(2)11-14-9-17(23-27-14)13-5-4-8-22-10-13/h3-10H,11H2,1-2H3. The van der Waals surface area contributed by atoms with Crippen LogP contribution in [-0.2, 0) is 6.54 Å². The average molecular weight is 365 g/mol. The molecule has 0 aliphatic rings. The molecule has 136 valence electrons. The molecule has 0 radical (unpaired) electrons. The number of fused-ring (bicyclic) bond motifs is 1. The second-order valence-electron chi connectivity index (χ2n) is 6.25. The van der Waals surface area contributed by atoms with Crippen molar-refractivity contribution in [3.8, 4) is 11.3 Å². The highest BCUT2D eigenvalue weighted by Crippen LogP contribution is 2.28. The summed E-state index contributed by atoms with van der Waals surface area (Å²) in [7, 11) is 1.62. The summed E-state index contributed by atoms with van der Waals surface area (Å²) in [6.07, 6.45) is 3.36. The second-order valence-corrected chi connectivity index (χ2v) is 6.25. The summed E-state index contributed by atoms with van der Waals surface area (Å²) in [5.74, 6) is -0.217. The maximum Gasteiger partial charge on any atom is 0.290 e. The number of amides is 1.